The third kappa shape index (κ3) is 2.26. The number of fused-ring (bicyclic) bond motifs is 1. The van der Waals surface area contributed by atoms with Gasteiger partial charge >= 0.3 is 0 Å². The fourth-order valence-electron chi connectivity index (χ4n) is 2.13. The number of hydrogen-bond donors (Lipinski definition) is 3. The van der Waals surface area contributed by atoms with Crippen LogP contribution in [0.2, 0.25) is 0 Å². The number of aromatic nitrogens is 2. The highest BCUT2D eigenvalue weighted by Gasteiger charge is 2.14. The second-order valence-corrected chi connectivity index (χ2v) is 4.62. The summed E-state index contributed by atoms with van der Waals surface area (Å²) in [6, 6.07) is 9.83. The standard InChI is InChI=1S/C16H12N4O2/c1-2-10-4-3-5-11(6-10)20(17)16-12-7-14(21)15(22)8-13(12)18-9-19-16/h1,3-9,21-22H,17H2. The molecule has 0 saturated heterocycles. The van der Waals surface area contributed by atoms with Crippen molar-refractivity contribution in [1.29, 1.82) is 0 Å². The summed E-state index contributed by atoms with van der Waals surface area (Å²) in [6.07, 6.45) is 6.72. The van der Waals surface area contributed by atoms with E-state index in [1.807, 2.05) is 0 Å². The van der Waals surface area contributed by atoms with E-state index in [4.69, 9.17) is 12.3 Å². The molecule has 0 bridgehead atoms. The van der Waals surface area contributed by atoms with Crippen molar-refractivity contribution >= 4 is 22.4 Å². The maximum atomic E-state index is 9.68. The molecule has 6 nitrogen and oxygen atoms in total. The molecule has 0 radical (unpaired) electrons. The lowest BCUT2D eigenvalue weighted by atomic mass is 10.1. The van der Waals surface area contributed by atoms with E-state index in [-0.39, 0.29) is 11.5 Å². The van der Waals surface area contributed by atoms with Gasteiger partial charge in [-0.3, -0.25) is 5.01 Å². The van der Waals surface area contributed by atoms with Crippen molar-refractivity contribution in [2.75, 3.05) is 5.01 Å². The number of terminal acetylenes is 1. The van der Waals surface area contributed by atoms with Gasteiger partial charge in [0, 0.05) is 17.0 Å². The number of hydrogen-bond acceptors (Lipinski definition) is 6. The molecule has 6 heteroatoms. The van der Waals surface area contributed by atoms with E-state index in [2.05, 4.69) is 15.9 Å². The van der Waals surface area contributed by atoms with Crippen LogP contribution in [-0.4, -0.2) is 20.2 Å². The molecule has 2 aromatic carbocycles. The van der Waals surface area contributed by atoms with Gasteiger partial charge in [-0.15, -0.1) is 6.42 Å². The van der Waals surface area contributed by atoms with Crippen LogP contribution in [0.25, 0.3) is 10.9 Å². The minimum atomic E-state index is -0.269. The first kappa shape index (κ1) is 13.7. The molecule has 0 fully saturated rings. The maximum absolute atomic E-state index is 9.68. The summed E-state index contributed by atoms with van der Waals surface area (Å²) >= 11 is 0. The fourth-order valence-corrected chi connectivity index (χ4v) is 2.13. The van der Waals surface area contributed by atoms with Gasteiger partial charge in [0.1, 0.15) is 6.33 Å². The van der Waals surface area contributed by atoms with Gasteiger partial charge in [0.05, 0.1) is 11.2 Å². The van der Waals surface area contributed by atoms with Crippen LogP contribution < -0.4 is 10.9 Å². The van der Waals surface area contributed by atoms with Crippen molar-refractivity contribution in [2.24, 2.45) is 5.84 Å². The number of benzene rings is 2. The summed E-state index contributed by atoms with van der Waals surface area (Å²) in [5.74, 6) is 8.52. The van der Waals surface area contributed by atoms with E-state index in [9.17, 15) is 10.2 Å². The Kier molecular flexibility index (Phi) is 3.26. The van der Waals surface area contributed by atoms with Gasteiger partial charge in [0.15, 0.2) is 17.3 Å². The van der Waals surface area contributed by atoms with E-state index in [0.29, 0.717) is 28.0 Å². The van der Waals surface area contributed by atoms with Crippen molar-refractivity contribution in [1.82, 2.24) is 9.97 Å². The van der Waals surface area contributed by atoms with Gasteiger partial charge in [0.25, 0.3) is 0 Å². The van der Waals surface area contributed by atoms with Gasteiger partial charge in [0.2, 0.25) is 0 Å². The average Bonchev–Trinajstić information content (AvgIpc) is 2.55. The summed E-state index contributed by atoms with van der Waals surface area (Å²) in [5.41, 5.74) is 1.79. The van der Waals surface area contributed by atoms with Gasteiger partial charge in [-0.1, -0.05) is 12.0 Å². The van der Waals surface area contributed by atoms with Crippen LogP contribution in [0.3, 0.4) is 0 Å². The monoisotopic (exact) mass is 292 g/mol. The second-order valence-electron chi connectivity index (χ2n) is 4.62. The first-order valence-electron chi connectivity index (χ1n) is 6.38. The molecule has 4 N–H and O–H groups in total. The maximum Gasteiger partial charge on any atom is 0.159 e. The van der Waals surface area contributed by atoms with Gasteiger partial charge < -0.3 is 10.2 Å². The summed E-state index contributed by atoms with van der Waals surface area (Å²) < 4.78 is 0. The molecule has 3 rings (SSSR count). The lowest BCUT2D eigenvalue weighted by Crippen LogP contribution is -2.26. The molecule has 0 unspecified atom stereocenters. The van der Waals surface area contributed by atoms with E-state index in [0.717, 1.165) is 0 Å². The highest BCUT2D eigenvalue weighted by atomic mass is 16.3. The zero-order valence-electron chi connectivity index (χ0n) is 11.4. The van der Waals surface area contributed by atoms with Crippen LogP contribution in [0.4, 0.5) is 11.5 Å². The minimum Gasteiger partial charge on any atom is -0.504 e. The number of hydrazine groups is 1. The van der Waals surface area contributed by atoms with Crippen LogP contribution in [0.1, 0.15) is 5.56 Å². The Bertz CT molecular complexity index is 902. The predicted octanol–water partition coefficient (Wildman–Crippen LogP) is 2.03. The summed E-state index contributed by atoms with van der Waals surface area (Å²) in [7, 11) is 0. The molecule has 108 valence electrons. The van der Waals surface area contributed by atoms with Gasteiger partial charge in [-0.25, -0.2) is 15.8 Å². The molecule has 0 aliphatic rings. The molecule has 0 saturated carbocycles. The molecule has 0 spiro atoms. The number of nitrogens with zero attached hydrogens (tertiary/aromatic N) is 3. The van der Waals surface area contributed by atoms with E-state index in [1.165, 1.54) is 23.5 Å². The molecule has 0 aliphatic heterocycles. The Labute approximate surface area is 126 Å². The summed E-state index contributed by atoms with van der Waals surface area (Å²) in [5, 5.41) is 21.1. The second kappa shape index (κ2) is 5.24. The van der Waals surface area contributed by atoms with Crippen molar-refractivity contribution < 1.29 is 10.2 Å². The molecule has 22 heavy (non-hydrogen) atoms. The number of phenols is 2. The number of aromatic hydroxyl groups is 2. The highest BCUT2D eigenvalue weighted by Crippen LogP contribution is 2.34. The lowest BCUT2D eigenvalue weighted by Gasteiger charge is -2.19. The first-order valence-corrected chi connectivity index (χ1v) is 6.38. The van der Waals surface area contributed by atoms with E-state index >= 15 is 0 Å². The first-order chi connectivity index (χ1) is 10.6. The quantitative estimate of drug-likeness (QED) is 0.289. The molecule has 3 aromatic rings. The molecule has 0 amide bonds. The van der Waals surface area contributed by atoms with Crippen LogP contribution >= 0.6 is 0 Å². The van der Waals surface area contributed by atoms with Crippen molar-refractivity contribution in [2.45, 2.75) is 0 Å². The zero-order valence-corrected chi connectivity index (χ0v) is 11.4. The SMILES string of the molecule is C#Cc1cccc(N(N)c2ncnc3cc(O)c(O)cc23)c1. The Morgan fingerprint density at radius 3 is 2.64 bits per heavy atom. The number of phenolic OH excluding ortho intramolecular Hbond substituents is 2. The van der Waals surface area contributed by atoms with E-state index < -0.39 is 0 Å². The molecule has 0 aliphatic carbocycles. The topological polar surface area (TPSA) is 95.5 Å². The van der Waals surface area contributed by atoms with Crippen molar-refractivity contribution in [3.05, 3.63) is 48.3 Å². The van der Waals surface area contributed by atoms with E-state index in [1.54, 1.807) is 24.3 Å². The highest BCUT2D eigenvalue weighted by molar-refractivity contribution is 5.93. The van der Waals surface area contributed by atoms with Crippen LogP contribution in [0.5, 0.6) is 11.5 Å². The molecule has 1 heterocycles. The lowest BCUT2D eigenvalue weighted by molar-refractivity contribution is 0.405. The Hall–Kier alpha value is -3.30. The third-order valence-electron chi connectivity index (χ3n) is 3.23. The normalized spacial score (nSPS) is 10.4. The van der Waals surface area contributed by atoms with Crippen LogP contribution in [-0.2, 0) is 0 Å². The number of anilines is 2. The number of nitrogens with two attached hydrogens (primary N) is 1. The third-order valence-corrected chi connectivity index (χ3v) is 3.23. The zero-order chi connectivity index (χ0) is 15.7. The van der Waals surface area contributed by atoms with Crippen LogP contribution in [0, 0.1) is 12.3 Å². The fraction of sp³-hybridized carbons (Fsp3) is 0. The van der Waals surface area contributed by atoms with Gasteiger partial charge in [-0.2, -0.15) is 0 Å². The minimum absolute atomic E-state index is 0.255. The summed E-state index contributed by atoms with van der Waals surface area (Å²) in [6.45, 7) is 0. The molecular formula is C16H12N4O2. The largest absolute Gasteiger partial charge is 0.504 e. The Morgan fingerprint density at radius 1 is 1.09 bits per heavy atom. The molecule has 0 atom stereocenters. The number of rotatable bonds is 2. The Balaban J connectivity index is 2.17. The van der Waals surface area contributed by atoms with Crippen molar-refractivity contribution in [3.63, 3.8) is 0 Å². The van der Waals surface area contributed by atoms with Gasteiger partial charge in [-0.05, 0) is 24.3 Å². The molecule has 1 aromatic heterocycles. The predicted molar refractivity (Wildman–Crippen MR) is 83.6 cm³/mol. The van der Waals surface area contributed by atoms with Crippen LogP contribution in [0.15, 0.2) is 42.7 Å². The Morgan fingerprint density at radius 2 is 1.86 bits per heavy atom. The summed E-state index contributed by atoms with van der Waals surface area (Å²) in [4.78, 5) is 8.21. The smallest absolute Gasteiger partial charge is 0.159 e. The average molecular weight is 292 g/mol. The van der Waals surface area contributed by atoms with Crippen molar-refractivity contribution in [3.8, 4) is 23.8 Å². The molecular weight excluding hydrogens is 280 g/mol.